The third-order valence-electron chi connectivity index (χ3n) is 5.38. The maximum atomic E-state index is 12.1. The molecule has 3 nitrogen and oxygen atoms in total. The first-order chi connectivity index (χ1) is 12.6. The molecule has 1 aliphatic carbocycles. The van der Waals surface area contributed by atoms with Crippen LogP contribution in [0, 0.1) is 5.92 Å². The Morgan fingerprint density at radius 3 is 2.15 bits per heavy atom. The Morgan fingerprint density at radius 1 is 0.923 bits per heavy atom. The molecule has 0 aliphatic heterocycles. The maximum Gasteiger partial charge on any atom is 0.311 e. The monoisotopic (exact) mass is 352 g/mol. The molecule has 0 N–H and O–H groups in total. The first-order valence-corrected chi connectivity index (χ1v) is 9.57. The van der Waals surface area contributed by atoms with Gasteiger partial charge in [-0.05, 0) is 66.5 Å². The molecule has 3 heteroatoms. The Morgan fingerprint density at radius 2 is 1.54 bits per heavy atom. The molecule has 1 fully saturated rings. The Labute approximate surface area is 156 Å². The fourth-order valence-corrected chi connectivity index (χ4v) is 3.62. The fourth-order valence-electron chi connectivity index (χ4n) is 3.62. The first kappa shape index (κ1) is 18.5. The third-order valence-corrected chi connectivity index (χ3v) is 5.38. The zero-order valence-corrected chi connectivity index (χ0v) is 15.7. The van der Waals surface area contributed by atoms with Crippen molar-refractivity contribution in [2.24, 2.45) is 5.92 Å². The van der Waals surface area contributed by atoms with Crippen LogP contribution in [0.15, 0.2) is 48.5 Å². The lowest BCUT2D eigenvalue weighted by Gasteiger charge is -2.26. The summed E-state index contributed by atoms with van der Waals surface area (Å²) in [7, 11) is 1.65. The van der Waals surface area contributed by atoms with Crippen LogP contribution in [-0.4, -0.2) is 13.1 Å². The molecule has 0 amide bonds. The lowest BCUT2D eigenvalue weighted by molar-refractivity contribution is -0.134. The number of hydrogen-bond acceptors (Lipinski definition) is 3. The second kappa shape index (κ2) is 8.88. The second-order valence-electron chi connectivity index (χ2n) is 7.35. The molecule has 0 atom stereocenters. The smallest absolute Gasteiger partial charge is 0.311 e. The van der Waals surface area contributed by atoms with Crippen LogP contribution >= 0.6 is 0 Å². The molecule has 2 aromatic carbocycles. The van der Waals surface area contributed by atoms with Gasteiger partial charge >= 0.3 is 5.97 Å². The van der Waals surface area contributed by atoms with Gasteiger partial charge in [-0.3, -0.25) is 4.79 Å². The SMILES string of the molecule is COc1ccc(CCC(=O)Oc2ccc(C3CCC(C)CC3)cc2)cc1. The minimum atomic E-state index is -0.194. The van der Waals surface area contributed by atoms with Crippen LogP contribution in [-0.2, 0) is 11.2 Å². The second-order valence-corrected chi connectivity index (χ2v) is 7.35. The van der Waals surface area contributed by atoms with Crippen molar-refractivity contribution in [1.29, 1.82) is 0 Å². The quantitative estimate of drug-likeness (QED) is 0.507. The Balaban J connectivity index is 1.47. The Bertz CT molecular complexity index is 695. The first-order valence-electron chi connectivity index (χ1n) is 9.57. The highest BCUT2D eigenvalue weighted by atomic mass is 16.5. The van der Waals surface area contributed by atoms with Crippen molar-refractivity contribution in [3.63, 3.8) is 0 Å². The van der Waals surface area contributed by atoms with Gasteiger partial charge in [0.2, 0.25) is 0 Å². The van der Waals surface area contributed by atoms with E-state index in [1.165, 1.54) is 31.2 Å². The number of rotatable bonds is 6. The Kier molecular flexibility index (Phi) is 6.32. The minimum absolute atomic E-state index is 0.194. The van der Waals surface area contributed by atoms with E-state index in [9.17, 15) is 4.79 Å². The van der Waals surface area contributed by atoms with Gasteiger partial charge in [-0.25, -0.2) is 0 Å². The molecule has 138 valence electrons. The van der Waals surface area contributed by atoms with Crippen LogP contribution in [0.1, 0.15) is 56.1 Å². The average molecular weight is 352 g/mol. The molecule has 2 aromatic rings. The van der Waals surface area contributed by atoms with Crippen LogP contribution in [0.3, 0.4) is 0 Å². The molecule has 1 saturated carbocycles. The predicted octanol–water partition coefficient (Wildman–Crippen LogP) is 5.53. The summed E-state index contributed by atoms with van der Waals surface area (Å²) in [5.74, 6) is 2.78. The van der Waals surface area contributed by atoms with Crippen molar-refractivity contribution in [2.75, 3.05) is 7.11 Å². The highest BCUT2D eigenvalue weighted by Gasteiger charge is 2.19. The van der Waals surface area contributed by atoms with E-state index in [1.54, 1.807) is 7.11 Å². The molecule has 0 aromatic heterocycles. The van der Waals surface area contributed by atoms with Crippen LogP contribution < -0.4 is 9.47 Å². The zero-order chi connectivity index (χ0) is 18.4. The van der Waals surface area contributed by atoms with Crippen LogP contribution in [0.4, 0.5) is 0 Å². The third kappa shape index (κ3) is 5.10. The normalized spacial score (nSPS) is 19.8. The summed E-state index contributed by atoms with van der Waals surface area (Å²) in [6.07, 6.45) is 6.19. The van der Waals surface area contributed by atoms with Gasteiger partial charge in [0.25, 0.3) is 0 Å². The number of hydrogen-bond donors (Lipinski definition) is 0. The van der Waals surface area contributed by atoms with E-state index in [-0.39, 0.29) is 5.97 Å². The summed E-state index contributed by atoms with van der Waals surface area (Å²) in [5.41, 5.74) is 2.47. The predicted molar refractivity (Wildman–Crippen MR) is 104 cm³/mol. The lowest BCUT2D eigenvalue weighted by atomic mass is 9.79. The highest BCUT2D eigenvalue weighted by molar-refractivity contribution is 5.72. The number of aryl methyl sites for hydroxylation is 1. The van der Waals surface area contributed by atoms with Gasteiger partial charge in [0.1, 0.15) is 11.5 Å². The van der Waals surface area contributed by atoms with Crippen LogP contribution in [0.25, 0.3) is 0 Å². The number of esters is 1. The summed E-state index contributed by atoms with van der Waals surface area (Å²) in [5, 5.41) is 0. The summed E-state index contributed by atoms with van der Waals surface area (Å²) < 4.78 is 10.6. The van der Waals surface area contributed by atoms with Crippen molar-refractivity contribution in [1.82, 2.24) is 0 Å². The summed E-state index contributed by atoms with van der Waals surface area (Å²) in [6, 6.07) is 15.9. The van der Waals surface area contributed by atoms with E-state index < -0.39 is 0 Å². The van der Waals surface area contributed by atoms with Gasteiger partial charge < -0.3 is 9.47 Å². The van der Waals surface area contributed by atoms with E-state index >= 15 is 0 Å². The van der Waals surface area contributed by atoms with Gasteiger partial charge in [-0.1, -0.05) is 44.0 Å². The zero-order valence-electron chi connectivity index (χ0n) is 15.7. The standard InChI is InChI=1S/C23H28O3/c1-17-3-8-19(9-4-17)20-10-14-22(15-11-20)26-23(24)16-7-18-5-12-21(25-2)13-6-18/h5-6,10-15,17,19H,3-4,7-9,16H2,1-2H3. The number of benzene rings is 2. The molecule has 1 aliphatic rings. The largest absolute Gasteiger partial charge is 0.497 e. The van der Waals surface area contributed by atoms with Crippen molar-refractivity contribution in [3.05, 3.63) is 59.7 Å². The minimum Gasteiger partial charge on any atom is -0.497 e. The van der Waals surface area contributed by atoms with E-state index in [1.807, 2.05) is 36.4 Å². The van der Waals surface area contributed by atoms with Gasteiger partial charge in [0, 0.05) is 6.42 Å². The number of carbonyl (C=O) groups is 1. The maximum absolute atomic E-state index is 12.1. The van der Waals surface area contributed by atoms with E-state index in [2.05, 4.69) is 19.1 Å². The van der Waals surface area contributed by atoms with Crippen LogP contribution in [0.2, 0.25) is 0 Å². The van der Waals surface area contributed by atoms with Gasteiger partial charge in [0.15, 0.2) is 0 Å². The number of ether oxygens (including phenoxy) is 2. The van der Waals surface area contributed by atoms with Gasteiger partial charge in [0.05, 0.1) is 7.11 Å². The molecular formula is C23H28O3. The average Bonchev–Trinajstić information content (AvgIpc) is 2.68. The molecular weight excluding hydrogens is 324 g/mol. The van der Waals surface area contributed by atoms with Crippen molar-refractivity contribution in [3.8, 4) is 11.5 Å². The molecule has 3 rings (SSSR count). The lowest BCUT2D eigenvalue weighted by Crippen LogP contribution is -2.11. The fraction of sp³-hybridized carbons (Fsp3) is 0.435. The highest BCUT2D eigenvalue weighted by Crippen LogP contribution is 2.35. The number of carbonyl (C=O) groups excluding carboxylic acids is 1. The molecule has 0 spiro atoms. The van der Waals surface area contributed by atoms with E-state index in [0.29, 0.717) is 24.5 Å². The van der Waals surface area contributed by atoms with Crippen molar-refractivity contribution in [2.45, 2.75) is 51.4 Å². The summed E-state index contributed by atoms with van der Waals surface area (Å²) in [4.78, 5) is 12.1. The summed E-state index contributed by atoms with van der Waals surface area (Å²) in [6.45, 7) is 2.34. The molecule has 0 saturated heterocycles. The summed E-state index contributed by atoms with van der Waals surface area (Å²) >= 11 is 0. The van der Waals surface area contributed by atoms with Gasteiger partial charge in [-0.15, -0.1) is 0 Å². The van der Waals surface area contributed by atoms with Gasteiger partial charge in [-0.2, -0.15) is 0 Å². The molecule has 0 heterocycles. The van der Waals surface area contributed by atoms with E-state index in [0.717, 1.165) is 17.2 Å². The van der Waals surface area contributed by atoms with Crippen molar-refractivity contribution < 1.29 is 14.3 Å². The molecule has 26 heavy (non-hydrogen) atoms. The van der Waals surface area contributed by atoms with Crippen LogP contribution in [0.5, 0.6) is 11.5 Å². The molecule has 0 unspecified atom stereocenters. The Hall–Kier alpha value is -2.29. The molecule has 0 radical (unpaired) electrons. The van der Waals surface area contributed by atoms with Crippen molar-refractivity contribution >= 4 is 5.97 Å². The van der Waals surface area contributed by atoms with E-state index in [4.69, 9.17) is 9.47 Å². The topological polar surface area (TPSA) is 35.5 Å². The molecule has 0 bridgehead atoms. The number of methoxy groups -OCH3 is 1.